The highest BCUT2D eigenvalue weighted by Gasteiger charge is 2.29. The fourth-order valence-corrected chi connectivity index (χ4v) is 1.75. The van der Waals surface area contributed by atoms with Gasteiger partial charge in [0.1, 0.15) is 5.67 Å². The third kappa shape index (κ3) is 4.39. The zero-order valence-electron chi connectivity index (χ0n) is 8.28. The Balaban J connectivity index is 0.000000461. The van der Waals surface area contributed by atoms with Crippen LogP contribution in [0.5, 0.6) is 0 Å². The van der Waals surface area contributed by atoms with Gasteiger partial charge in [-0.3, -0.25) is 0 Å². The lowest BCUT2D eigenvalue weighted by Gasteiger charge is -2.29. The largest absolute Gasteiger partial charge is 0.244 e. The zero-order valence-corrected chi connectivity index (χ0v) is 8.28. The van der Waals surface area contributed by atoms with E-state index >= 15 is 0 Å². The van der Waals surface area contributed by atoms with Crippen LogP contribution in [0.3, 0.4) is 0 Å². The molecule has 1 rings (SSSR count). The van der Waals surface area contributed by atoms with Crippen LogP contribution < -0.4 is 0 Å². The third-order valence-corrected chi connectivity index (χ3v) is 2.17. The Kier molecular flexibility index (Phi) is 4.71. The van der Waals surface area contributed by atoms with Crippen LogP contribution in [0.4, 0.5) is 4.39 Å². The highest BCUT2D eigenvalue weighted by molar-refractivity contribution is 4.80. The molecule has 11 heavy (non-hydrogen) atoms. The summed E-state index contributed by atoms with van der Waals surface area (Å²) in [6.45, 7) is 7.86. The van der Waals surface area contributed by atoms with Gasteiger partial charge in [-0.05, 0) is 25.7 Å². The molecule has 1 fully saturated rings. The first-order valence-corrected chi connectivity index (χ1v) is 4.79. The maximum Gasteiger partial charge on any atom is 0.108 e. The molecule has 0 bridgehead atoms. The van der Waals surface area contributed by atoms with Gasteiger partial charge >= 0.3 is 0 Å². The van der Waals surface area contributed by atoms with Gasteiger partial charge in [-0.25, -0.2) is 4.39 Å². The first kappa shape index (κ1) is 10.9. The van der Waals surface area contributed by atoms with Crippen LogP contribution in [0.25, 0.3) is 0 Å². The quantitative estimate of drug-likeness (QED) is 0.503. The van der Waals surface area contributed by atoms with Crippen molar-refractivity contribution in [3.8, 4) is 0 Å². The SMILES string of the molecule is CC.CC1CCCC(C)(F)C1. The van der Waals surface area contributed by atoms with E-state index in [1.54, 1.807) is 6.92 Å². The van der Waals surface area contributed by atoms with Gasteiger partial charge in [0.25, 0.3) is 0 Å². The van der Waals surface area contributed by atoms with E-state index in [-0.39, 0.29) is 0 Å². The minimum Gasteiger partial charge on any atom is -0.244 e. The molecule has 0 aliphatic heterocycles. The van der Waals surface area contributed by atoms with Crippen molar-refractivity contribution in [3.05, 3.63) is 0 Å². The minimum atomic E-state index is -0.850. The van der Waals surface area contributed by atoms with Crippen molar-refractivity contribution in [2.45, 2.75) is 59.0 Å². The second-order valence-electron chi connectivity index (χ2n) is 3.61. The predicted octanol–water partition coefficient (Wildman–Crippen LogP) is 3.95. The van der Waals surface area contributed by atoms with Gasteiger partial charge in [0.2, 0.25) is 0 Å². The van der Waals surface area contributed by atoms with E-state index in [1.165, 1.54) is 6.42 Å². The lowest BCUT2D eigenvalue weighted by Crippen LogP contribution is -2.25. The first-order valence-electron chi connectivity index (χ1n) is 4.79. The molecule has 0 heterocycles. The van der Waals surface area contributed by atoms with Crippen molar-refractivity contribution < 1.29 is 4.39 Å². The molecule has 0 spiro atoms. The fourth-order valence-electron chi connectivity index (χ4n) is 1.75. The van der Waals surface area contributed by atoms with E-state index in [9.17, 15) is 4.39 Å². The molecule has 0 aromatic rings. The van der Waals surface area contributed by atoms with Crippen LogP contribution in [0.15, 0.2) is 0 Å². The van der Waals surface area contributed by atoms with Crippen LogP contribution in [-0.4, -0.2) is 5.67 Å². The topological polar surface area (TPSA) is 0 Å². The van der Waals surface area contributed by atoms with Crippen LogP contribution in [0.1, 0.15) is 53.4 Å². The van der Waals surface area contributed by atoms with Crippen LogP contribution in [0, 0.1) is 5.92 Å². The van der Waals surface area contributed by atoms with Gasteiger partial charge in [0.15, 0.2) is 0 Å². The lowest BCUT2D eigenvalue weighted by atomic mass is 9.81. The molecule has 1 aliphatic rings. The fraction of sp³-hybridized carbons (Fsp3) is 1.00. The van der Waals surface area contributed by atoms with Gasteiger partial charge < -0.3 is 0 Å². The molecule has 0 saturated heterocycles. The summed E-state index contributed by atoms with van der Waals surface area (Å²) in [6, 6.07) is 0. The Morgan fingerprint density at radius 3 is 2.18 bits per heavy atom. The first-order chi connectivity index (χ1) is 5.10. The molecule has 0 aromatic carbocycles. The Morgan fingerprint density at radius 1 is 1.36 bits per heavy atom. The number of halogens is 1. The molecule has 2 unspecified atom stereocenters. The summed E-state index contributed by atoms with van der Waals surface area (Å²) in [6.07, 6.45) is 3.85. The maximum atomic E-state index is 13.1. The zero-order chi connectivity index (χ0) is 8.91. The van der Waals surface area contributed by atoms with E-state index in [1.807, 2.05) is 13.8 Å². The van der Waals surface area contributed by atoms with Gasteiger partial charge in [0, 0.05) is 0 Å². The molecule has 1 heteroatoms. The molecule has 1 saturated carbocycles. The van der Waals surface area contributed by atoms with E-state index in [0.717, 1.165) is 19.3 Å². The molecule has 0 nitrogen and oxygen atoms in total. The van der Waals surface area contributed by atoms with Crippen molar-refractivity contribution >= 4 is 0 Å². The van der Waals surface area contributed by atoms with E-state index in [0.29, 0.717) is 5.92 Å². The summed E-state index contributed by atoms with van der Waals surface area (Å²) in [5.41, 5.74) is -0.850. The molecular formula is C10H21F. The summed E-state index contributed by atoms with van der Waals surface area (Å²) in [7, 11) is 0. The average molecular weight is 160 g/mol. The Hall–Kier alpha value is -0.0700. The molecular weight excluding hydrogens is 139 g/mol. The third-order valence-electron chi connectivity index (χ3n) is 2.17. The summed E-state index contributed by atoms with van der Waals surface area (Å²) >= 11 is 0. The summed E-state index contributed by atoms with van der Waals surface area (Å²) in [5, 5.41) is 0. The Morgan fingerprint density at radius 2 is 1.91 bits per heavy atom. The van der Waals surface area contributed by atoms with Crippen LogP contribution in [0.2, 0.25) is 0 Å². The maximum absolute atomic E-state index is 13.1. The molecule has 2 atom stereocenters. The molecule has 68 valence electrons. The predicted molar refractivity (Wildman–Crippen MR) is 48.5 cm³/mol. The normalized spacial score (nSPS) is 37.4. The van der Waals surface area contributed by atoms with E-state index in [2.05, 4.69) is 6.92 Å². The number of rotatable bonds is 0. The van der Waals surface area contributed by atoms with Crippen molar-refractivity contribution in [2.75, 3.05) is 0 Å². The molecule has 0 radical (unpaired) electrons. The van der Waals surface area contributed by atoms with Crippen molar-refractivity contribution in [3.63, 3.8) is 0 Å². The van der Waals surface area contributed by atoms with Crippen LogP contribution >= 0.6 is 0 Å². The molecule has 0 aromatic heterocycles. The summed E-state index contributed by atoms with van der Waals surface area (Å²) < 4.78 is 13.1. The monoisotopic (exact) mass is 160 g/mol. The highest BCUT2D eigenvalue weighted by Crippen LogP contribution is 2.34. The standard InChI is InChI=1S/C8H15F.C2H6/c1-7-4-3-5-8(2,9)6-7;1-2/h7H,3-6H2,1-2H3;1-2H3. The van der Waals surface area contributed by atoms with Crippen molar-refractivity contribution in [2.24, 2.45) is 5.92 Å². The minimum absolute atomic E-state index is 0.605. The molecule has 1 aliphatic carbocycles. The van der Waals surface area contributed by atoms with Gasteiger partial charge in [0.05, 0.1) is 0 Å². The number of hydrogen-bond donors (Lipinski definition) is 0. The van der Waals surface area contributed by atoms with Crippen molar-refractivity contribution in [1.29, 1.82) is 0 Å². The highest BCUT2D eigenvalue weighted by atomic mass is 19.1. The Bertz CT molecular complexity index is 97.0. The Labute approximate surface area is 70.2 Å². The van der Waals surface area contributed by atoms with Crippen LogP contribution in [-0.2, 0) is 0 Å². The van der Waals surface area contributed by atoms with E-state index < -0.39 is 5.67 Å². The van der Waals surface area contributed by atoms with Crippen molar-refractivity contribution in [1.82, 2.24) is 0 Å². The summed E-state index contributed by atoms with van der Waals surface area (Å²) in [4.78, 5) is 0. The summed E-state index contributed by atoms with van der Waals surface area (Å²) in [5.74, 6) is 0.605. The van der Waals surface area contributed by atoms with Gasteiger partial charge in [-0.1, -0.05) is 33.6 Å². The number of hydrogen-bond acceptors (Lipinski definition) is 0. The number of alkyl halides is 1. The second kappa shape index (κ2) is 4.74. The molecule has 0 amide bonds. The van der Waals surface area contributed by atoms with Gasteiger partial charge in [-0.2, -0.15) is 0 Å². The van der Waals surface area contributed by atoms with E-state index in [4.69, 9.17) is 0 Å². The average Bonchev–Trinajstić information content (AvgIpc) is 1.89. The van der Waals surface area contributed by atoms with Gasteiger partial charge in [-0.15, -0.1) is 0 Å². The molecule has 0 N–H and O–H groups in total. The lowest BCUT2D eigenvalue weighted by molar-refractivity contribution is 0.100. The smallest absolute Gasteiger partial charge is 0.108 e. The second-order valence-corrected chi connectivity index (χ2v) is 3.61.